The van der Waals surface area contributed by atoms with E-state index in [0.29, 0.717) is 13.0 Å². The normalized spacial score (nSPS) is 37.4. The highest BCUT2D eigenvalue weighted by atomic mass is 32.2. The Morgan fingerprint density at radius 2 is 2.16 bits per heavy atom. The minimum atomic E-state index is -1.92. The van der Waals surface area contributed by atoms with Crippen molar-refractivity contribution in [1.29, 1.82) is 0 Å². The number of hydrogen-bond donors (Lipinski definition) is 0. The first-order valence-corrected chi connectivity index (χ1v) is 7.15. The van der Waals surface area contributed by atoms with E-state index in [1.54, 1.807) is 20.8 Å². The van der Waals surface area contributed by atoms with E-state index < -0.39 is 35.3 Å². The van der Waals surface area contributed by atoms with Crippen molar-refractivity contribution >= 4 is 17.3 Å². The van der Waals surface area contributed by atoms with Crippen LogP contribution in [-0.2, 0) is 38.7 Å². The number of rotatable bonds is 4. The molecule has 4 atom stereocenters. The molecule has 2 unspecified atom stereocenters. The largest absolute Gasteiger partial charge is 0.464 e. The Morgan fingerprint density at radius 3 is 2.74 bits per heavy atom. The summed E-state index contributed by atoms with van der Waals surface area (Å²) < 4.78 is 37.2. The van der Waals surface area contributed by atoms with Gasteiger partial charge in [-0.25, -0.2) is 4.79 Å². The van der Waals surface area contributed by atoms with E-state index in [9.17, 15) is 9.00 Å². The topological polar surface area (TPSA) is 80.3 Å². The number of carbonyl (C=O) groups excluding carboxylic acids is 1. The molecule has 8 heteroatoms. The van der Waals surface area contributed by atoms with Crippen molar-refractivity contribution in [3.63, 3.8) is 0 Å². The summed E-state index contributed by atoms with van der Waals surface area (Å²) in [5.74, 6) is -1.22. The standard InChI is InChI=1S/C11H18O7S/c1-4-14-10(12)9-8(17-19(13)18-9)5-7-6-15-11(2,3)16-7/h7-9H,4-6H2,1-3H3/t7?,8-,9-,19?/m0/s1. The molecule has 2 rings (SSSR count). The van der Waals surface area contributed by atoms with Crippen LogP contribution in [0.15, 0.2) is 0 Å². The second kappa shape index (κ2) is 5.84. The van der Waals surface area contributed by atoms with Crippen LogP contribution in [0, 0.1) is 0 Å². The molecule has 0 amide bonds. The van der Waals surface area contributed by atoms with Gasteiger partial charge >= 0.3 is 17.3 Å². The molecule has 2 aliphatic rings. The van der Waals surface area contributed by atoms with E-state index in [2.05, 4.69) is 0 Å². The van der Waals surface area contributed by atoms with Crippen molar-refractivity contribution in [2.45, 2.75) is 51.3 Å². The Bertz CT molecular complexity index is 370. The molecule has 0 bridgehead atoms. The van der Waals surface area contributed by atoms with Crippen molar-refractivity contribution in [2.75, 3.05) is 13.2 Å². The average molecular weight is 294 g/mol. The van der Waals surface area contributed by atoms with Gasteiger partial charge in [-0.3, -0.25) is 8.37 Å². The molecule has 2 saturated heterocycles. The summed E-state index contributed by atoms with van der Waals surface area (Å²) in [6, 6.07) is 0. The van der Waals surface area contributed by atoms with Crippen molar-refractivity contribution in [3.05, 3.63) is 0 Å². The third-order valence-electron chi connectivity index (χ3n) is 2.80. The summed E-state index contributed by atoms with van der Waals surface area (Å²) in [6.07, 6.45) is -1.50. The summed E-state index contributed by atoms with van der Waals surface area (Å²) >= 11 is -1.92. The molecule has 7 nitrogen and oxygen atoms in total. The van der Waals surface area contributed by atoms with Crippen molar-refractivity contribution in [1.82, 2.24) is 0 Å². The molecule has 2 aliphatic heterocycles. The van der Waals surface area contributed by atoms with Crippen LogP contribution < -0.4 is 0 Å². The van der Waals surface area contributed by atoms with Gasteiger partial charge in [-0.2, -0.15) is 4.21 Å². The Balaban J connectivity index is 1.94. The van der Waals surface area contributed by atoms with Crippen LogP contribution in [-0.4, -0.2) is 47.5 Å². The summed E-state index contributed by atoms with van der Waals surface area (Å²) in [5.41, 5.74) is 0. The van der Waals surface area contributed by atoms with E-state index >= 15 is 0 Å². The zero-order valence-corrected chi connectivity index (χ0v) is 11.9. The highest BCUT2D eigenvalue weighted by molar-refractivity contribution is 7.75. The number of carbonyl (C=O) groups is 1. The van der Waals surface area contributed by atoms with Gasteiger partial charge in [-0.1, -0.05) is 0 Å². The quantitative estimate of drug-likeness (QED) is 0.696. The SMILES string of the molecule is CCOC(=O)[C@H]1OS(=O)O[C@H]1CC1COC(C)(C)O1. The van der Waals surface area contributed by atoms with Gasteiger partial charge in [-0.05, 0) is 20.8 Å². The molecule has 0 aromatic rings. The second-order valence-corrected chi connectivity index (χ2v) is 5.59. The highest BCUT2D eigenvalue weighted by Crippen LogP contribution is 2.29. The molecule has 0 aromatic heterocycles. The highest BCUT2D eigenvalue weighted by Gasteiger charge is 2.45. The van der Waals surface area contributed by atoms with Crippen LogP contribution in [0.5, 0.6) is 0 Å². The lowest BCUT2D eigenvalue weighted by Gasteiger charge is -2.19. The summed E-state index contributed by atoms with van der Waals surface area (Å²) in [6.45, 7) is 5.93. The maximum absolute atomic E-state index is 11.7. The second-order valence-electron chi connectivity index (χ2n) is 4.79. The Hall–Kier alpha value is -0.540. The zero-order valence-electron chi connectivity index (χ0n) is 11.1. The van der Waals surface area contributed by atoms with Crippen molar-refractivity contribution in [2.24, 2.45) is 0 Å². The molecule has 0 aromatic carbocycles. The molecule has 19 heavy (non-hydrogen) atoms. The minimum Gasteiger partial charge on any atom is -0.464 e. The number of hydrogen-bond acceptors (Lipinski definition) is 7. The van der Waals surface area contributed by atoms with Gasteiger partial charge in [0.15, 0.2) is 5.79 Å². The molecule has 0 radical (unpaired) electrons. The predicted molar refractivity (Wildman–Crippen MR) is 64.0 cm³/mol. The molecule has 0 spiro atoms. The molecule has 2 fully saturated rings. The van der Waals surface area contributed by atoms with Crippen LogP contribution in [0.25, 0.3) is 0 Å². The molecule has 2 heterocycles. The predicted octanol–water partition coefficient (Wildman–Crippen LogP) is 0.454. The lowest BCUT2D eigenvalue weighted by molar-refractivity contribution is -0.154. The fraction of sp³-hybridized carbons (Fsp3) is 0.909. The Morgan fingerprint density at radius 1 is 1.42 bits per heavy atom. The first-order chi connectivity index (χ1) is 8.91. The van der Waals surface area contributed by atoms with Gasteiger partial charge in [-0.15, -0.1) is 0 Å². The molecule has 0 saturated carbocycles. The lowest BCUT2D eigenvalue weighted by atomic mass is 10.1. The first-order valence-electron chi connectivity index (χ1n) is 6.15. The monoisotopic (exact) mass is 294 g/mol. The maximum atomic E-state index is 11.7. The fourth-order valence-corrected chi connectivity index (χ4v) is 2.84. The maximum Gasteiger partial charge on any atom is 0.339 e. The zero-order chi connectivity index (χ0) is 14.0. The summed E-state index contributed by atoms with van der Waals surface area (Å²) in [5, 5.41) is 0. The van der Waals surface area contributed by atoms with Gasteiger partial charge in [0.2, 0.25) is 6.10 Å². The van der Waals surface area contributed by atoms with Gasteiger partial charge in [0, 0.05) is 6.42 Å². The third kappa shape index (κ3) is 3.73. The average Bonchev–Trinajstić information content (AvgIpc) is 2.83. The number of ether oxygens (including phenoxy) is 3. The van der Waals surface area contributed by atoms with Crippen LogP contribution in [0.4, 0.5) is 0 Å². The van der Waals surface area contributed by atoms with Gasteiger partial charge < -0.3 is 14.2 Å². The van der Waals surface area contributed by atoms with Crippen LogP contribution in [0.2, 0.25) is 0 Å². The smallest absolute Gasteiger partial charge is 0.339 e. The Kier molecular flexibility index (Phi) is 4.57. The van der Waals surface area contributed by atoms with Crippen LogP contribution in [0.3, 0.4) is 0 Å². The van der Waals surface area contributed by atoms with Crippen molar-refractivity contribution in [3.8, 4) is 0 Å². The summed E-state index contributed by atoms with van der Waals surface area (Å²) in [7, 11) is 0. The minimum absolute atomic E-state index is 0.226. The van der Waals surface area contributed by atoms with Crippen molar-refractivity contribution < 1.29 is 31.6 Å². The molecule has 0 aliphatic carbocycles. The number of esters is 1. The van der Waals surface area contributed by atoms with Gasteiger partial charge in [0.25, 0.3) is 0 Å². The molecular weight excluding hydrogens is 276 g/mol. The van der Waals surface area contributed by atoms with E-state index in [-0.39, 0.29) is 12.7 Å². The molecule has 0 N–H and O–H groups in total. The van der Waals surface area contributed by atoms with E-state index in [1.165, 1.54) is 0 Å². The van der Waals surface area contributed by atoms with Gasteiger partial charge in [0.1, 0.15) is 6.10 Å². The Labute approximate surface area is 114 Å². The fourth-order valence-electron chi connectivity index (χ4n) is 2.04. The van der Waals surface area contributed by atoms with E-state index in [0.717, 1.165) is 0 Å². The third-order valence-corrected chi connectivity index (χ3v) is 3.57. The lowest BCUT2D eigenvalue weighted by Crippen LogP contribution is -2.36. The van der Waals surface area contributed by atoms with Crippen LogP contribution >= 0.6 is 0 Å². The first kappa shape index (κ1) is 14.9. The van der Waals surface area contributed by atoms with E-state index in [4.69, 9.17) is 22.6 Å². The van der Waals surface area contributed by atoms with E-state index in [1.807, 2.05) is 0 Å². The summed E-state index contributed by atoms with van der Waals surface area (Å²) in [4.78, 5) is 11.7. The molecule has 110 valence electrons. The molecular formula is C11H18O7S. The van der Waals surface area contributed by atoms with Crippen LogP contribution in [0.1, 0.15) is 27.2 Å². The van der Waals surface area contributed by atoms with Gasteiger partial charge in [0.05, 0.1) is 19.3 Å².